The Morgan fingerprint density at radius 3 is 2.00 bits per heavy atom. The lowest BCUT2D eigenvalue weighted by molar-refractivity contribution is 0.132. The first-order valence-electron chi connectivity index (χ1n) is 12.3. The minimum atomic E-state index is -0.453. The van der Waals surface area contributed by atoms with Crippen molar-refractivity contribution in [3.05, 3.63) is 82.5 Å². The highest BCUT2D eigenvalue weighted by atomic mass is 16.6. The van der Waals surface area contributed by atoms with E-state index < -0.39 is 12.2 Å². The minimum absolute atomic E-state index is 0.0887. The standard InChI is InChI=1S/C28H33N3O4/c1-3-14-29-27(32)34-18-23-24(19-35-28(33)30-15-4-2)26(20-10-6-5-7-11-20)31-17-22-13-9-8-12-21(22)16-25(23)31/h5-13H,3-4,14-19H2,1-2H3,(H,29,32)(H,30,33). The number of fused-ring (bicyclic) bond motifs is 2. The van der Waals surface area contributed by atoms with Gasteiger partial charge in [-0.25, -0.2) is 9.59 Å². The van der Waals surface area contributed by atoms with Crippen LogP contribution in [0.4, 0.5) is 9.59 Å². The molecule has 7 heteroatoms. The number of aromatic nitrogens is 1. The third kappa shape index (κ3) is 5.67. The maximum atomic E-state index is 12.3. The molecular formula is C28H33N3O4. The van der Waals surface area contributed by atoms with Gasteiger partial charge < -0.3 is 24.7 Å². The first-order chi connectivity index (χ1) is 17.1. The van der Waals surface area contributed by atoms with Gasteiger partial charge in [0.15, 0.2) is 0 Å². The van der Waals surface area contributed by atoms with E-state index in [4.69, 9.17) is 9.47 Å². The van der Waals surface area contributed by atoms with Crippen LogP contribution >= 0.6 is 0 Å². The number of nitrogens with zero attached hydrogens (tertiary/aromatic N) is 1. The van der Waals surface area contributed by atoms with E-state index in [2.05, 4.69) is 45.5 Å². The van der Waals surface area contributed by atoms with Crippen molar-refractivity contribution < 1.29 is 19.1 Å². The Hall–Kier alpha value is -3.74. The Labute approximate surface area is 206 Å². The Bertz CT molecular complexity index is 1170. The van der Waals surface area contributed by atoms with Crippen molar-refractivity contribution in [1.29, 1.82) is 0 Å². The normalized spacial score (nSPS) is 11.8. The van der Waals surface area contributed by atoms with Gasteiger partial charge in [-0.2, -0.15) is 0 Å². The predicted molar refractivity (Wildman–Crippen MR) is 135 cm³/mol. The van der Waals surface area contributed by atoms with Crippen LogP contribution in [0.15, 0.2) is 54.6 Å². The second-order valence-electron chi connectivity index (χ2n) is 8.66. The van der Waals surface area contributed by atoms with Crippen LogP contribution in [0.3, 0.4) is 0 Å². The van der Waals surface area contributed by atoms with Gasteiger partial charge >= 0.3 is 12.2 Å². The number of hydrogen-bond acceptors (Lipinski definition) is 4. The zero-order chi connectivity index (χ0) is 24.6. The second-order valence-corrected chi connectivity index (χ2v) is 8.66. The monoisotopic (exact) mass is 475 g/mol. The Morgan fingerprint density at radius 2 is 1.37 bits per heavy atom. The molecule has 0 radical (unpaired) electrons. The lowest BCUT2D eigenvalue weighted by Crippen LogP contribution is -2.25. The number of carbonyl (C=O) groups is 2. The lowest BCUT2D eigenvalue weighted by atomic mass is 9.97. The van der Waals surface area contributed by atoms with Gasteiger partial charge in [0, 0.05) is 42.9 Å². The number of hydrogen-bond donors (Lipinski definition) is 2. The summed E-state index contributed by atoms with van der Waals surface area (Å²) in [6, 6.07) is 18.5. The van der Waals surface area contributed by atoms with Crippen molar-refractivity contribution in [3.8, 4) is 11.3 Å². The van der Waals surface area contributed by atoms with Crippen molar-refractivity contribution >= 4 is 12.2 Å². The molecule has 2 aromatic carbocycles. The van der Waals surface area contributed by atoms with E-state index >= 15 is 0 Å². The summed E-state index contributed by atoms with van der Waals surface area (Å²) in [7, 11) is 0. The van der Waals surface area contributed by atoms with Gasteiger partial charge in [0.25, 0.3) is 0 Å². The second kappa shape index (κ2) is 11.6. The molecule has 0 atom stereocenters. The summed E-state index contributed by atoms with van der Waals surface area (Å²) in [5, 5.41) is 5.53. The van der Waals surface area contributed by atoms with Gasteiger partial charge in [0.05, 0.1) is 5.69 Å². The topological polar surface area (TPSA) is 81.6 Å². The SMILES string of the molecule is CCCNC(=O)OCc1c(COC(=O)NCCC)c(-c2ccccc2)n2c1Cc1ccccc1C2. The smallest absolute Gasteiger partial charge is 0.407 e. The molecule has 1 aliphatic heterocycles. The summed E-state index contributed by atoms with van der Waals surface area (Å²) in [6.45, 7) is 6.00. The number of benzene rings is 2. The van der Waals surface area contributed by atoms with Crippen molar-refractivity contribution in [1.82, 2.24) is 15.2 Å². The third-order valence-electron chi connectivity index (χ3n) is 6.18. The quantitative estimate of drug-likeness (QED) is 0.341. The number of nitrogens with one attached hydrogen (secondary N) is 2. The molecule has 2 heterocycles. The number of alkyl carbamates (subject to hydrolysis) is 2. The van der Waals surface area contributed by atoms with E-state index in [-0.39, 0.29) is 13.2 Å². The number of ether oxygens (including phenoxy) is 2. The molecule has 2 amide bonds. The Morgan fingerprint density at radius 1 is 0.800 bits per heavy atom. The molecular weight excluding hydrogens is 442 g/mol. The van der Waals surface area contributed by atoms with E-state index in [0.717, 1.165) is 40.9 Å². The minimum Gasteiger partial charge on any atom is -0.445 e. The molecule has 0 spiro atoms. The Balaban J connectivity index is 1.75. The van der Waals surface area contributed by atoms with Crippen LogP contribution in [-0.2, 0) is 35.7 Å². The van der Waals surface area contributed by atoms with Crippen LogP contribution in [0.25, 0.3) is 11.3 Å². The molecule has 0 unspecified atom stereocenters. The first kappa shape index (κ1) is 24.4. The highest BCUT2D eigenvalue weighted by Crippen LogP contribution is 2.38. The van der Waals surface area contributed by atoms with Crippen molar-refractivity contribution in [2.75, 3.05) is 13.1 Å². The van der Waals surface area contributed by atoms with Gasteiger partial charge in [0.2, 0.25) is 0 Å². The van der Waals surface area contributed by atoms with Gasteiger partial charge in [-0.3, -0.25) is 0 Å². The van der Waals surface area contributed by atoms with E-state index in [1.165, 1.54) is 11.1 Å². The van der Waals surface area contributed by atoms with Crippen LogP contribution in [0.5, 0.6) is 0 Å². The summed E-state index contributed by atoms with van der Waals surface area (Å²) >= 11 is 0. The van der Waals surface area contributed by atoms with Crippen LogP contribution in [0.1, 0.15) is 54.6 Å². The summed E-state index contributed by atoms with van der Waals surface area (Å²) in [5.41, 5.74) is 7.38. The molecule has 0 saturated carbocycles. The first-order valence-corrected chi connectivity index (χ1v) is 12.3. The maximum Gasteiger partial charge on any atom is 0.407 e. The molecule has 2 N–H and O–H groups in total. The fraction of sp³-hybridized carbons (Fsp3) is 0.357. The fourth-order valence-electron chi connectivity index (χ4n) is 4.47. The number of carbonyl (C=O) groups excluding carboxylic acids is 2. The average molecular weight is 476 g/mol. The van der Waals surface area contributed by atoms with E-state index in [1.54, 1.807) is 0 Å². The van der Waals surface area contributed by atoms with E-state index in [9.17, 15) is 9.59 Å². The molecule has 0 saturated heterocycles. The molecule has 1 aromatic heterocycles. The largest absolute Gasteiger partial charge is 0.445 e. The average Bonchev–Trinajstić information content (AvgIpc) is 3.19. The number of rotatable bonds is 9. The van der Waals surface area contributed by atoms with Crippen molar-refractivity contribution in [2.24, 2.45) is 0 Å². The lowest BCUT2D eigenvalue weighted by Gasteiger charge is -2.22. The zero-order valence-corrected chi connectivity index (χ0v) is 20.4. The summed E-state index contributed by atoms with van der Waals surface area (Å²) in [5.74, 6) is 0. The molecule has 0 aliphatic carbocycles. The van der Waals surface area contributed by atoms with Crippen LogP contribution in [0.2, 0.25) is 0 Å². The number of amides is 2. The molecule has 7 nitrogen and oxygen atoms in total. The summed E-state index contributed by atoms with van der Waals surface area (Å²) in [6.07, 6.45) is 1.47. The molecule has 0 fully saturated rings. The maximum absolute atomic E-state index is 12.3. The molecule has 4 rings (SSSR count). The van der Waals surface area contributed by atoms with Gasteiger partial charge in [-0.15, -0.1) is 0 Å². The van der Waals surface area contributed by atoms with E-state index in [1.807, 2.05) is 38.1 Å². The molecule has 184 valence electrons. The highest BCUT2D eigenvalue weighted by molar-refractivity contribution is 5.71. The zero-order valence-electron chi connectivity index (χ0n) is 20.4. The van der Waals surface area contributed by atoms with E-state index in [0.29, 0.717) is 26.1 Å². The molecule has 35 heavy (non-hydrogen) atoms. The third-order valence-corrected chi connectivity index (χ3v) is 6.18. The van der Waals surface area contributed by atoms with Crippen molar-refractivity contribution in [2.45, 2.75) is 52.9 Å². The molecule has 1 aliphatic rings. The van der Waals surface area contributed by atoms with Gasteiger partial charge in [-0.05, 0) is 29.5 Å². The predicted octanol–water partition coefficient (Wildman–Crippen LogP) is 5.38. The molecule has 0 bridgehead atoms. The fourth-order valence-corrected chi connectivity index (χ4v) is 4.47. The highest BCUT2D eigenvalue weighted by Gasteiger charge is 2.28. The van der Waals surface area contributed by atoms with Crippen molar-refractivity contribution in [3.63, 3.8) is 0 Å². The van der Waals surface area contributed by atoms with Crippen LogP contribution in [-0.4, -0.2) is 29.8 Å². The van der Waals surface area contributed by atoms with Crippen LogP contribution < -0.4 is 10.6 Å². The summed E-state index contributed by atoms with van der Waals surface area (Å²) in [4.78, 5) is 24.6. The van der Waals surface area contributed by atoms with Gasteiger partial charge in [-0.1, -0.05) is 68.4 Å². The Kier molecular flexibility index (Phi) is 8.08. The molecule has 3 aromatic rings. The van der Waals surface area contributed by atoms with Crippen LogP contribution in [0, 0.1) is 0 Å². The summed E-state index contributed by atoms with van der Waals surface area (Å²) < 4.78 is 13.5. The van der Waals surface area contributed by atoms with Gasteiger partial charge in [0.1, 0.15) is 13.2 Å².